The topological polar surface area (TPSA) is 336 Å². The van der Waals surface area contributed by atoms with Crippen LogP contribution in [0.1, 0.15) is 17.4 Å². The molecule has 3 aliphatic rings. The number of aromatic amines is 2. The van der Waals surface area contributed by atoms with Gasteiger partial charge in [-0.25, -0.2) is 14.6 Å². The van der Waals surface area contributed by atoms with Crippen LogP contribution in [0.3, 0.4) is 0 Å². The van der Waals surface area contributed by atoms with Crippen molar-refractivity contribution in [2.75, 3.05) is 13.2 Å². The molecule has 4 heterocycles. The van der Waals surface area contributed by atoms with Crippen LogP contribution in [0.2, 0.25) is 0 Å². The summed E-state index contributed by atoms with van der Waals surface area (Å²) in [5, 5.41) is 58.6. The summed E-state index contributed by atoms with van der Waals surface area (Å²) in [5.41, 5.74) is -0.763. The molecule has 0 bridgehead atoms. The Balaban J connectivity index is 0.000000305. The van der Waals surface area contributed by atoms with Crippen LogP contribution in [0.5, 0.6) is 0 Å². The maximum absolute atomic E-state index is 12.2. The normalized spacial score (nSPS) is 22.1. The summed E-state index contributed by atoms with van der Waals surface area (Å²) in [4.78, 5) is 77.6. The quantitative estimate of drug-likeness (QED) is 0.0440. The Morgan fingerprint density at radius 1 is 1.04 bits per heavy atom. The van der Waals surface area contributed by atoms with Gasteiger partial charge in [-0.05, 0) is 37.1 Å². The molecule has 0 amide bonds. The van der Waals surface area contributed by atoms with Gasteiger partial charge in [-0.15, -0.1) is 0 Å². The first kappa shape index (κ1) is 40.4. The largest absolute Gasteiger partial charge is 1.00 e. The summed E-state index contributed by atoms with van der Waals surface area (Å²) >= 11 is 0. The molecule has 3 aliphatic heterocycles. The standard InChI is InChI=1S/C17H21N4O9P.C9H12N2O6.Na/c1-7-3-9-10(4-8(7)2)21(15-13(18-9)16(25)20-17(26)19-15)5-11(22)14(24)12(23)6-30-31(27,28)29;12-3-4-6(14)7(15)8(17-4)11-2-1-5(13)10-9(11)16;/h3-4,11-12,14,22-24H,5-6H2,1-2H3,(H,20,25,26)(H2,27,28,29);1-2,4,6-8,12,14-15H,3H2,(H,10,13,16);/q;;+1/p-1/t11-,12+,14-;4-,6-,7-,8-;/m01./s1. The smallest absolute Gasteiger partial charge is 0.756 e. The van der Waals surface area contributed by atoms with Crippen molar-refractivity contribution < 1.29 is 83.8 Å². The Labute approximate surface area is 296 Å². The van der Waals surface area contributed by atoms with Crippen molar-refractivity contribution in [1.29, 1.82) is 0 Å². The third-order valence-electron chi connectivity index (χ3n) is 7.43. The molecule has 23 heteroatoms. The second kappa shape index (κ2) is 16.4. The number of ether oxygens (including phenoxy) is 1. The van der Waals surface area contributed by atoms with E-state index in [-0.39, 0.29) is 41.1 Å². The molecule has 1 aromatic heterocycles. The molecule has 8 atom stereocenters. The number of aliphatic hydroxyl groups excluding tert-OH is 6. The van der Waals surface area contributed by atoms with E-state index in [4.69, 9.17) is 14.7 Å². The fourth-order valence-corrected chi connectivity index (χ4v) is 5.13. The maximum atomic E-state index is 12.2. The van der Waals surface area contributed by atoms with E-state index in [9.17, 15) is 54.2 Å². The Hall–Kier alpha value is -2.99. The maximum Gasteiger partial charge on any atom is 1.00 e. The third kappa shape index (κ3) is 9.42. The van der Waals surface area contributed by atoms with Crippen molar-refractivity contribution in [2.45, 2.75) is 63.2 Å². The zero-order chi connectivity index (χ0) is 35.7. The molecule has 1 fully saturated rings. The SMILES string of the molecule is Cc1cc2nc3c(=O)[nH]c(=O)nc-3n(C[C@H](O)[C@H](O)[C@H](O)COP(=O)([O-])O)c2cc1C.O=c1ccn([C@@H]2O[C@H](CO)[C@@H](O)[C@H]2O)c(=O)[nH]1.[Na+]. The zero-order valence-corrected chi connectivity index (χ0v) is 29.0. The van der Waals surface area contributed by atoms with Gasteiger partial charge in [0.2, 0.25) is 0 Å². The van der Waals surface area contributed by atoms with Crippen molar-refractivity contribution in [3.8, 4) is 11.5 Å². The van der Waals surface area contributed by atoms with Crippen molar-refractivity contribution >= 4 is 18.9 Å². The molecule has 1 saturated heterocycles. The van der Waals surface area contributed by atoms with E-state index >= 15 is 0 Å². The van der Waals surface area contributed by atoms with Gasteiger partial charge in [-0.1, -0.05) is 0 Å². The van der Waals surface area contributed by atoms with Gasteiger partial charge in [-0.2, -0.15) is 4.98 Å². The van der Waals surface area contributed by atoms with Gasteiger partial charge in [-0.3, -0.25) is 28.7 Å². The van der Waals surface area contributed by atoms with E-state index in [1.165, 1.54) is 4.57 Å². The first-order chi connectivity index (χ1) is 22.4. The number of H-pyrrole nitrogens is 2. The predicted molar refractivity (Wildman–Crippen MR) is 159 cm³/mol. The summed E-state index contributed by atoms with van der Waals surface area (Å²) in [7, 11) is -5.14. The van der Waals surface area contributed by atoms with E-state index in [2.05, 4.69) is 14.5 Å². The van der Waals surface area contributed by atoms with Gasteiger partial charge < -0.3 is 54.3 Å². The number of nitrogens with one attached hydrogen (secondary N) is 2. The predicted octanol–water partition coefficient (Wildman–Crippen LogP) is -8.09. The van der Waals surface area contributed by atoms with Crippen LogP contribution in [0.4, 0.5) is 0 Å². The third-order valence-corrected chi connectivity index (χ3v) is 7.91. The van der Waals surface area contributed by atoms with Crippen LogP contribution >= 0.6 is 7.82 Å². The minimum atomic E-state index is -5.14. The number of hydrogen-bond acceptors (Lipinski definition) is 16. The first-order valence-corrected chi connectivity index (χ1v) is 15.5. The van der Waals surface area contributed by atoms with Crippen LogP contribution < -0.4 is 56.9 Å². The van der Waals surface area contributed by atoms with Gasteiger partial charge in [0.25, 0.3) is 18.9 Å². The van der Waals surface area contributed by atoms with Crippen molar-refractivity contribution in [3.05, 3.63) is 77.2 Å². The minimum Gasteiger partial charge on any atom is -0.756 e. The number of phosphoric ester groups is 1. The van der Waals surface area contributed by atoms with Crippen LogP contribution in [0.15, 0.2) is 43.6 Å². The number of aromatic nitrogens is 6. The van der Waals surface area contributed by atoms with E-state index in [0.29, 0.717) is 11.0 Å². The fraction of sp³-hybridized carbons (Fsp3) is 0.462. The fourth-order valence-electron chi connectivity index (χ4n) is 4.79. The van der Waals surface area contributed by atoms with Gasteiger partial charge in [0.15, 0.2) is 17.7 Å². The molecule has 0 aliphatic carbocycles. The molecule has 5 rings (SSSR count). The molecule has 0 saturated carbocycles. The summed E-state index contributed by atoms with van der Waals surface area (Å²) in [5.74, 6) is -0.152. The molecule has 262 valence electrons. The van der Waals surface area contributed by atoms with Crippen LogP contribution in [-0.2, 0) is 20.4 Å². The molecule has 1 aromatic carbocycles. The minimum absolute atomic E-state index is 0. The average Bonchev–Trinajstić information content (AvgIpc) is 3.29. The van der Waals surface area contributed by atoms with Gasteiger partial charge in [0, 0.05) is 12.3 Å². The molecule has 49 heavy (non-hydrogen) atoms. The molecule has 1 unspecified atom stereocenters. The van der Waals surface area contributed by atoms with Crippen LogP contribution in [0.25, 0.3) is 22.6 Å². The van der Waals surface area contributed by atoms with Crippen molar-refractivity contribution in [1.82, 2.24) is 29.1 Å². The number of benzene rings is 1. The van der Waals surface area contributed by atoms with E-state index in [1.54, 1.807) is 12.1 Å². The molecular formula is C26H32N6NaO15P. The number of aryl methyl sites for hydroxylation is 2. The number of fused-ring (bicyclic) bond motifs is 2. The Morgan fingerprint density at radius 2 is 1.69 bits per heavy atom. The van der Waals surface area contributed by atoms with Crippen LogP contribution in [0, 0.1) is 13.8 Å². The van der Waals surface area contributed by atoms with Crippen molar-refractivity contribution in [3.63, 3.8) is 0 Å². The zero-order valence-electron chi connectivity index (χ0n) is 26.1. The number of nitrogens with zero attached hydrogens (tertiary/aromatic N) is 4. The summed E-state index contributed by atoms with van der Waals surface area (Å²) in [6.45, 7) is 1.72. The number of hydrogen-bond donors (Lipinski definition) is 9. The molecule has 0 radical (unpaired) electrons. The summed E-state index contributed by atoms with van der Waals surface area (Å²) < 4.78 is 22.1. The Bertz CT molecular complexity index is 2030. The summed E-state index contributed by atoms with van der Waals surface area (Å²) in [6.07, 6.45) is -9.07. The van der Waals surface area contributed by atoms with Crippen LogP contribution in [-0.4, -0.2) is 114 Å². The van der Waals surface area contributed by atoms with Gasteiger partial charge >= 0.3 is 40.9 Å². The number of aliphatic hydroxyl groups is 6. The molecule has 21 nitrogen and oxygen atoms in total. The van der Waals surface area contributed by atoms with E-state index in [1.807, 2.05) is 23.8 Å². The number of rotatable bonds is 9. The molecular weight excluding hydrogens is 690 g/mol. The van der Waals surface area contributed by atoms with Gasteiger partial charge in [0.05, 0.1) is 30.8 Å². The Morgan fingerprint density at radius 3 is 2.29 bits per heavy atom. The molecule has 0 spiro atoms. The van der Waals surface area contributed by atoms with Gasteiger partial charge in [0.1, 0.15) is 36.6 Å². The van der Waals surface area contributed by atoms with E-state index in [0.717, 1.165) is 28.0 Å². The molecule has 9 N–H and O–H groups in total. The second-order valence-electron chi connectivity index (χ2n) is 10.8. The number of phosphoric acid groups is 1. The average molecular weight is 723 g/mol. The second-order valence-corrected chi connectivity index (χ2v) is 12.0. The summed E-state index contributed by atoms with van der Waals surface area (Å²) in [6, 6.07) is 4.49. The monoisotopic (exact) mass is 722 g/mol. The van der Waals surface area contributed by atoms with Crippen molar-refractivity contribution in [2.24, 2.45) is 0 Å². The first-order valence-electron chi connectivity index (χ1n) is 14.0. The molecule has 2 aromatic rings. The Kier molecular flexibility index (Phi) is 13.5. The van der Waals surface area contributed by atoms with E-state index < -0.39 is 92.9 Å².